The lowest BCUT2D eigenvalue weighted by Crippen LogP contribution is -2.49. The zero-order chi connectivity index (χ0) is 38.2. The lowest BCUT2D eigenvalue weighted by molar-refractivity contribution is -0.0787. The highest BCUT2D eigenvalue weighted by Crippen LogP contribution is 2.63. The molecule has 4 fully saturated rings. The molecule has 0 saturated heterocycles. The highest BCUT2D eigenvalue weighted by atomic mass is 14.6. The molecule has 292 valence electrons. The fourth-order valence-electron chi connectivity index (χ4n) is 12.5. The molecule has 0 nitrogen and oxygen atoms in total. The molecular formula is C49H96. The molecule has 2 bridgehead atoms. The van der Waals surface area contributed by atoms with Crippen molar-refractivity contribution in [2.75, 3.05) is 0 Å². The van der Waals surface area contributed by atoms with Gasteiger partial charge in [0.1, 0.15) is 0 Å². The summed E-state index contributed by atoms with van der Waals surface area (Å²) in [5, 5.41) is 0. The summed E-state index contributed by atoms with van der Waals surface area (Å²) in [4.78, 5) is 0. The van der Waals surface area contributed by atoms with Crippen LogP contribution in [0.5, 0.6) is 0 Å². The molecule has 4 aliphatic rings. The quantitative estimate of drug-likeness (QED) is 0.258. The van der Waals surface area contributed by atoms with Gasteiger partial charge in [0, 0.05) is 0 Å². The molecule has 0 aliphatic heterocycles. The lowest BCUT2D eigenvalue weighted by Gasteiger charge is -2.57. The van der Waals surface area contributed by atoms with Crippen molar-refractivity contribution < 1.29 is 0 Å². The van der Waals surface area contributed by atoms with Gasteiger partial charge in [-0.2, -0.15) is 0 Å². The maximum atomic E-state index is 2.56. The number of hydrogen-bond donors (Lipinski definition) is 0. The first-order valence-electron chi connectivity index (χ1n) is 21.8. The molecule has 0 spiro atoms. The summed E-state index contributed by atoms with van der Waals surface area (Å²) in [6.45, 7) is 51.4. The van der Waals surface area contributed by atoms with Crippen molar-refractivity contribution in [3.8, 4) is 0 Å². The van der Waals surface area contributed by atoms with E-state index in [1.165, 1.54) is 77.0 Å². The maximum Gasteiger partial charge on any atom is -0.0244 e. The highest BCUT2D eigenvalue weighted by Gasteiger charge is 2.55. The smallest absolute Gasteiger partial charge is 0.0244 e. The van der Waals surface area contributed by atoms with Crippen LogP contribution in [-0.4, -0.2) is 0 Å². The number of hydrogen-bond acceptors (Lipinski definition) is 0. The van der Waals surface area contributed by atoms with Crippen molar-refractivity contribution in [2.24, 2.45) is 91.2 Å². The van der Waals surface area contributed by atoms with Crippen LogP contribution in [0.25, 0.3) is 0 Å². The van der Waals surface area contributed by atoms with Crippen LogP contribution in [0.15, 0.2) is 0 Å². The first-order chi connectivity index (χ1) is 21.8. The second-order valence-electron chi connectivity index (χ2n) is 25.4. The van der Waals surface area contributed by atoms with Gasteiger partial charge in [0.05, 0.1) is 0 Å². The Kier molecular flexibility index (Phi) is 14.9. The lowest BCUT2D eigenvalue weighted by atomic mass is 9.48. The first-order valence-corrected chi connectivity index (χ1v) is 21.8. The van der Waals surface area contributed by atoms with Crippen LogP contribution in [0.3, 0.4) is 0 Å². The van der Waals surface area contributed by atoms with Crippen LogP contribution < -0.4 is 0 Å². The van der Waals surface area contributed by atoms with Gasteiger partial charge in [0.15, 0.2) is 0 Å². The Morgan fingerprint density at radius 2 is 0.837 bits per heavy atom. The molecule has 9 atom stereocenters. The average molecular weight is 685 g/mol. The van der Waals surface area contributed by atoms with Crippen molar-refractivity contribution >= 4 is 0 Å². The van der Waals surface area contributed by atoms with Crippen molar-refractivity contribution in [2.45, 2.75) is 222 Å². The molecule has 0 N–H and O–H groups in total. The summed E-state index contributed by atoms with van der Waals surface area (Å²) in [7, 11) is 0. The molecule has 4 rings (SSSR count). The van der Waals surface area contributed by atoms with Crippen molar-refractivity contribution in [3.05, 3.63) is 0 Å². The molecule has 0 radical (unpaired) electrons. The van der Waals surface area contributed by atoms with Gasteiger partial charge in [0.25, 0.3) is 0 Å². The summed E-state index contributed by atoms with van der Waals surface area (Å²) >= 11 is 0. The fourth-order valence-corrected chi connectivity index (χ4v) is 12.5. The summed E-state index contributed by atoms with van der Waals surface area (Å²) in [5.41, 5.74) is 3.30. The zero-order valence-electron chi connectivity index (χ0n) is 38.2. The van der Waals surface area contributed by atoms with E-state index in [2.05, 4.69) is 145 Å². The molecule has 4 aliphatic carbocycles. The van der Waals surface area contributed by atoms with Crippen LogP contribution in [0.4, 0.5) is 0 Å². The number of rotatable bonds is 1. The van der Waals surface area contributed by atoms with Gasteiger partial charge in [-0.25, -0.2) is 0 Å². The third-order valence-electron chi connectivity index (χ3n) is 15.5. The molecule has 0 heteroatoms. The Morgan fingerprint density at radius 3 is 1.12 bits per heavy atom. The summed E-state index contributed by atoms with van der Waals surface area (Å²) in [5.74, 6) is 8.46. The Labute approximate surface area is 312 Å². The largest absolute Gasteiger partial charge is 0.0625 e. The van der Waals surface area contributed by atoms with Gasteiger partial charge in [-0.15, -0.1) is 0 Å². The average Bonchev–Trinajstić information content (AvgIpc) is 3.48. The SMILES string of the molecule is CC(C)(C)C1C2CCC(C2)C1C(C)(C)C.CC(C)(C)C1CCCCCCC1C(C)(C)C.CC(C)C1CCC(C)(C(C)(C)C)C(C(C)(C)C)C1. The van der Waals surface area contributed by atoms with Crippen molar-refractivity contribution in [3.63, 3.8) is 0 Å². The second-order valence-corrected chi connectivity index (χ2v) is 25.4. The fraction of sp³-hybridized carbons (Fsp3) is 1.00. The van der Waals surface area contributed by atoms with Gasteiger partial charge < -0.3 is 0 Å². The topological polar surface area (TPSA) is 0 Å². The third-order valence-corrected chi connectivity index (χ3v) is 15.5. The van der Waals surface area contributed by atoms with Gasteiger partial charge >= 0.3 is 0 Å². The van der Waals surface area contributed by atoms with E-state index in [9.17, 15) is 0 Å². The van der Waals surface area contributed by atoms with Gasteiger partial charge in [-0.1, -0.05) is 171 Å². The molecule has 0 heterocycles. The minimum Gasteiger partial charge on any atom is -0.0625 e. The van der Waals surface area contributed by atoms with E-state index < -0.39 is 0 Å². The third kappa shape index (κ3) is 11.7. The van der Waals surface area contributed by atoms with Crippen LogP contribution >= 0.6 is 0 Å². The number of fused-ring (bicyclic) bond motifs is 2. The van der Waals surface area contributed by atoms with E-state index in [1.54, 1.807) is 0 Å². The van der Waals surface area contributed by atoms with Crippen LogP contribution in [-0.2, 0) is 0 Å². The van der Waals surface area contributed by atoms with Gasteiger partial charge in [-0.3, -0.25) is 0 Å². The molecule has 0 aromatic heterocycles. The Balaban J connectivity index is 0.000000256. The Morgan fingerprint density at radius 1 is 0.449 bits per heavy atom. The molecular weight excluding hydrogens is 589 g/mol. The van der Waals surface area contributed by atoms with E-state index in [4.69, 9.17) is 0 Å². The normalized spacial score (nSPS) is 35.1. The van der Waals surface area contributed by atoms with Crippen LogP contribution in [0.2, 0.25) is 0 Å². The van der Waals surface area contributed by atoms with Crippen molar-refractivity contribution in [1.29, 1.82) is 0 Å². The summed E-state index contributed by atoms with van der Waals surface area (Å²) < 4.78 is 0. The minimum absolute atomic E-state index is 0.410. The highest BCUT2D eigenvalue weighted by molar-refractivity contribution is 5.04. The van der Waals surface area contributed by atoms with Gasteiger partial charge in [0.2, 0.25) is 0 Å². The van der Waals surface area contributed by atoms with E-state index in [-0.39, 0.29) is 0 Å². The van der Waals surface area contributed by atoms with Crippen LogP contribution in [0, 0.1) is 91.2 Å². The predicted molar refractivity (Wildman–Crippen MR) is 223 cm³/mol. The molecule has 0 aromatic carbocycles. The molecule has 4 saturated carbocycles. The van der Waals surface area contributed by atoms with Gasteiger partial charge in [-0.05, 0) is 143 Å². The minimum atomic E-state index is 0.410. The monoisotopic (exact) mass is 685 g/mol. The molecule has 0 amide bonds. The van der Waals surface area contributed by atoms with Crippen LogP contribution in [0.1, 0.15) is 222 Å². The summed E-state index contributed by atoms with van der Waals surface area (Å²) in [6.07, 6.45) is 17.5. The zero-order valence-corrected chi connectivity index (χ0v) is 38.2. The van der Waals surface area contributed by atoms with E-state index in [0.29, 0.717) is 37.9 Å². The molecule has 49 heavy (non-hydrogen) atoms. The predicted octanol–water partition coefficient (Wildman–Crippen LogP) is 16.6. The van der Waals surface area contributed by atoms with E-state index >= 15 is 0 Å². The maximum absolute atomic E-state index is 2.56. The molecule has 0 aromatic rings. The summed E-state index contributed by atoms with van der Waals surface area (Å²) in [6, 6.07) is 0. The second kappa shape index (κ2) is 16.2. The van der Waals surface area contributed by atoms with E-state index in [1.807, 2.05) is 0 Å². The van der Waals surface area contributed by atoms with E-state index in [0.717, 1.165) is 53.3 Å². The van der Waals surface area contributed by atoms with Crippen molar-refractivity contribution in [1.82, 2.24) is 0 Å². The Bertz CT molecular complexity index is 918. The Hall–Kier alpha value is 0. The molecule has 9 unspecified atom stereocenters. The standard InChI is InChI=1S/C18H36.C16H32.C15H28/c1-13(2)14-10-11-18(9,17(6,7)8)15(12-14)16(3,4)5;1-15(2,3)13-11-9-7-8-10-12-14(13)16(4,5)6;1-14(2,3)12-10-7-8-11(9-10)13(12)15(4,5)6/h13-15H,10-12H2,1-9H3;13-14H,7-12H2,1-6H3;10-13H,7-9H2,1-6H3. The first kappa shape index (κ1) is 45.2.